The van der Waals surface area contributed by atoms with E-state index in [1.807, 2.05) is 25.8 Å². The Bertz CT molecular complexity index is 3300. The van der Waals surface area contributed by atoms with Crippen LogP contribution in [0.15, 0.2) is 72.8 Å². The number of halogens is 5. The van der Waals surface area contributed by atoms with Crippen molar-refractivity contribution in [2.45, 2.75) is 90.7 Å². The number of piperidine rings is 1. The number of aromatic nitrogens is 4. The number of Topliss-reactive ketones (excluding diaryl/α,β-unsaturated/α-hetero) is 1. The molecule has 3 aliphatic rings. The number of amides is 3. The Kier molecular flexibility index (Phi) is 18.7. The number of urea groups is 1. The number of nitrogens with zero attached hydrogens (tertiary/aromatic N) is 10. The van der Waals surface area contributed by atoms with Crippen LogP contribution in [-0.2, 0) is 37.6 Å². The number of carbonyl (C=O) groups is 5. The van der Waals surface area contributed by atoms with Crippen LogP contribution in [-0.4, -0.2) is 175 Å². The first-order valence-corrected chi connectivity index (χ1v) is 27.7. The molecule has 2 aromatic heterocycles. The number of anilines is 2. The summed E-state index contributed by atoms with van der Waals surface area (Å²) in [6.07, 6.45) is -6.49. The van der Waals surface area contributed by atoms with Crippen LogP contribution in [0.1, 0.15) is 94.2 Å². The van der Waals surface area contributed by atoms with Gasteiger partial charge in [0.15, 0.2) is 5.78 Å². The van der Waals surface area contributed by atoms with Gasteiger partial charge in [-0.1, -0.05) is 36.4 Å². The Morgan fingerprint density at radius 1 is 0.768 bits per heavy atom. The van der Waals surface area contributed by atoms with Crippen LogP contribution < -0.4 is 14.5 Å². The zero-order valence-corrected chi connectivity index (χ0v) is 48.4. The van der Waals surface area contributed by atoms with Crippen LogP contribution in [0.2, 0.25) is 0 Å². The molecule has 3 aliphatic heterocycles. The first-order chi connectivity index (χ1) is 38.4. The molecule has 0 aliphatic carbocycles. The second-order valence-corrected chi connectivity index (χ2v) is 23.6. The second-order valence-electron chi connectivity index (χ2n) is 21.7. The van der Waals surface area contributed by atoms with Crippen LogP contribution in [0.5, 0.6) is 5.75 Å². The summed E-state index contributed by atoms with van der Waals surface area (Å²) in [5.74, 6) is -7.60. The number of hydrogen-bond acceptors (Lipinski definition) is 14. The molecule has 5 unspecified atom stereocenters. The minimum absolute atomic E-state index is 0.0149. The lowest BCUT2D eigenvalue weighted by Gasteiger charge is -2.38. The van der Waals surface area contributed by atoms with E-state index in [1.165, 1.54) is 89.1 Å². The Balaban J connectivity index is 0.000000244. The molecule has 5 atom stereocenters. The summed E-state index contributed by atoms with van der Waals surface area (Å²) in [5.41, 5.74) is 1.42. The molecule has 444 valence electrons. The maximum atomic E-state index is 14.5. The number of rotatable bonds is 15. The van der Waals surface area contributed by atoms with Gasteiger partial charge >= 0.3 is 22.4 Å². The maximum Gasteiger partial charge on any atom is 0.393 e. The van der Waals surface area contributed by atoms with Crippen molar-refractivity contribution in [2.24, 2.45) is 11.3 Å². The van der Waals surface area contributed by atoms with Crippen LogP contribution in [0.3, 0.4) is 0 Å². The monoisotopic (exact) mass is 1170 g/mol. The molecular weight excluding hydrogens is 1100 g/mol. The highest BCUT2D eigenvalue weighted by Gasteiger charge is 2.56. The predicted octanol–water partition coefficient (Wildman–Crippen LogP) is 6.79. The van der Waals surface area contributed by atoms with E-state index in [-0.39, 0.29) is 85.4 Å². The number of methoxy groups -OCH3 is 2. The lowest BCUT2D eigenvalue weighted by molar-refractivity contribution is -0.192. The van der Waals surface area contributed by atoms with Crippen molar-refractivity contribution in [3.05, 3.63) is 124 Å². The first kappa shape index (κ1) is 62.3. The summed E-state index contributed by atoms with van der Waals surface area (Å²) in [5, 5.41) is 18.9. The fraction of sp³-hybridized carbons (Fsp3) is 0.482. The van der Waals surface area contributed by atoms with Gasteiger partial charge in [0.25, 0.3) is 11.8 Å². The molecule has 3 saturated heterocycles. The van der Waals surface area contributed by atoms with Gasteiger partial charge in [0.2, 0.25) is 5.91 Å². The van der Waals surface area contributed by atoms with Crippen LogP contribution in [0.25, 0.3) is 0 Å². The molecule has 3 fully saturated rings. The average Bonchev–Trinajstić information content (AvgIpc) is 2.20. The van der Waals surface area contributed by atoms with Crippen molar-refractivity contribution in [1.82, 2.24) is 38.0 Å². The fourth-order valence-corrected chi connectivity index (χ4v) is 12.5. The topological polar surface area (TPSA) is 213 Å². The van der Waals surface area contributed by atoms with Gasteiger partial charge in [0.1, 0.15) is 29.0 Å². The number of alkyl halides is 3. The van der Waals surface area contributed by atoms with E-state index in [4.69, 9.17) is 14.6 Å². The number of benzene rings is 3. The van der Waals surface area contributed by atoms with Gasteiger partial charge in [-0.2, -0.15) is 45.5 Å². The SMILES string of the molecule is COCC(C)(C)C(=O)n1nc(C2C(=O)CN(C(=O)N(C)C)C2C)c(C)c1N(C)Cc1ccc(F)cc1.COc1ccccc1C(=O)n1nc(C2C(=O)N(S(=O)(=O)N3CCC(O)C3)CCC2C(F)(F)F)c(C)c1N(C)Cc1ccc(F)cc1. The minimum Gasteiger partial charge on any atom is -0.496 e. The average molecular weight is 1170 g/mol. The molecule has 20 nitrogen and oxygen atoms in total. The smallest absolute Gasteiger partial charge is 0.393 e. The molecule has 0 saturated carbocycles. The highest BCUT2D eigenvalue weighted by atomic mass is 32.2. The van der Waals surface area contributed by atoms with E-state index in [2.05, 4.69) is 5.10 Å². The number of carbonyl (C=O) groups excluding carboxylic acids is 5. The number of aliphatic hydroxyl groups is 1. The quantitative estimate of drug-likeness (QED) is 0.107. The van der Waals surface area contributed by atoms with E-state index in [9.17, 15) is 59.4 Å². The number of ether oxygens (including phenoxy) is 2. The van der Waals surface area contributed by atoms with Gasteiger partial charge in [-0.15, -0.1) is 0 Å². The summed E-state index contributed by atoms with van der Waals surface area (Å²) >= 11 is 0. The summed E-state index contributed by atoms with van der Waals surface area (Å²) in [7, 11) is 4.98. The van der Waals surface area contributed by atoms with Gasteiger partial charge in [-0.25, -0.2) is 17.9 Å². The fourth-order valence-electron chi connectivity index (χ4n) is 10.8. The number of para-hydroxylation sites is 1. The molecule has 3 aromatic carbocycles. The van der Waals surface area contributed by atoms with E-state index < -0.39 is 88.0 Å². The van der Waals surface area contributed by atoms with Gasteiger partial charge in [-0.05, 0) is 95.0 Å². The van der Waals surface area contributed by atoms with Crippen LogP contribution >= 0.6 is 0 Å². The summed E-state index contributed by atoms with van der Waals surface area (Å²) < 4.78 is 112. The Morgan fingerprint density at radius 2 is 1.29 bits per heavy atom. The minimum atomic E-state index is -4.91. The molecular formula is C56H69F5N10O10S. The molecule has 0 bridgehead atoms. The highest BCUT2D eigenvalue weighted by molar-refractivity contribution is 7.87. The van der Waals surface area contributed by atoms with Crippen molar-refractivity contribution in [3.8, 4) is 5.75 Å². The second kappa shape index (κ2) is 24.7. The lowest BCUT2D eigenvalue weighted by atomic mass is 9.81. The van der Waals surface area contributed by atoms with Crippen molar-refractivity contribution in [2.75, 3.05) is 85.0 Å². The number of likely N-dealkylation sites (tertiary alicyclic amines) is 1. The molecule has 82 heavy (non-hydrogen) atoms. The molecule has 26 heteroatoms. The van der Waals surface area contributed by atoms with Crippen molar-refractivity contribution in [3.63, 3.8) is 0 Å². The summed E-state index contributed by atoms with van der Waals surface area (Å²) in [6.45, 7) is 8.16. The third-order valence-corrected chi connectivity index (χ3v) is 16.9. The Morgan fingerprint density at radius 3 is 1.79 bits per heavy atom. The largest absolute Gasteiger partial charge is 0.496 e. The molecule has 0 radical (unpaired) electrons. The number of β-amino-alcohol motifs (C(OH)–C–C–N with tert-alkyl or cyclic N) is 1. The summed E-state index contributed by atoms with van der Waals surface area (Å²) in [4.78, 5) is 73.8. The maximum absolute atomic E-state index is 14.5. The van der Waals surface area contributed by atoms with Gasteiger partial charge in [0, 0.05) is 85.2 Å². The van der Waals surface area contributed by atoms with E-state index >= 15 is 0 Å². The number of hydrogen-bond donors (Lipinski definition) is 1. The lowest BCUT2D eigenvalue weighted by Crippen LogP contribution is -2.54. The normalized spacial score (nSPS) is 19.7. The van der Waals surface area contributed by atoms with E-state index in [0.29, 0.717) is 33.5 Å². The predicted molar refractivity (Wildman–Crippen MR) is 293 cm³/mol. The third kappa shape index (κ3) is 12.7. The molecule has 3 amide bonds. The summed E-state index contributed by atoms with van der Waals surface area (Å²) in [6, 6.07) is 17.1. The molecule has 0 spiro atoms. The highest BCUT2D eigenvalue weighted by Crippen LogP contribution is 2.47. The van der Waals surface area contributed by atoms with Gasteiger partial charge < -0.3 is 34.2 Å². The molecule has 5 aromatic rings. The van der Waals surface area contributed by atoms with Crippen molar-refractivity contribution < 1.29 is 68.9 Å². The molecule has 8 rings (SSSR count). The first-order valence-electron chi connectivity index (χ1n) is 26.3. The van der Waals surface area contributed by atoms with Crippen molar-refractivity contribution in [1.29, 1.82) is 0 Å². The Labute approximate surface area is 473 Å². The molecule has 1 N–H and O–H groups in total. The van der Waals surface area contributed by atoms with E-state index in [1.54, 1.807) is 59.3 Å². The Hall–Kier alpha value is -7.29. The standard InChI is InChI=1S/C30H33F4N5O6S.C26H36FN5O4/c1-18-26(25-23(30(32,33)34)13-15-38(29(25)42)46(43,44)37-14-12-21(40)17-37)35-39(28(41)22-6-4-5-7-24(22)45-3)27(18)36(2)16-19-8-10-20(31)11-9-19;1-16-22(21-17(2)31(14-20(21)33)25(35)29(5)6)28-32(24(34)26(3,4)15-36-8)23(16)30(7)13-18-9-11-19(27)12-10-18/h4-11,21,23,25,40H,12-17H2,1-3H3;9-12,17,21H,13-15H2,1-8H3. The van der Waals surface area contributed by atoms with Crippen LogP contribution in [0.4, 0.5) is 38.4 Å². The number of ketones is 1. The zero-order chi connectivity index (χ0) is 60.5. The van der Waals surface area contributed by atoms with Gasteiger partial charge in [-0.3, -0.25) is 19.2 Å². The molecule has 5 heterocycles. The number of aliphatic hydroxyl groups excluding tert-OH is 1. The van der Waals surface area contributed by atoms with Gasteiger partial charge in [0.05, 0.1) is 66.5 Å². The van der Waals surface area contributed by atoms with Crippen LogP contribution in [0, 0.1) is 36.8 Å². The van der Waals surface area contributed by atoms with E-state index in [0.717, 1.165) is 14.6 Å². The zero-order valence-electron chi connectivity index (χ0n) is 47.6. The van der Waals surface area contributed by atoms with Crippen molar-refractivity contribution >= 4 is 51.4 Å². The third-order valence-electron chi connectivity index (χ3n) is 15.0.